The van der Waals surface area contributed by atoms with Crippen LogP contribution in [0.25, 0.3) is 0 Å². The molecule has 0 heterocycles. The molecule has 0 saturated heterocycles. The Hall–Kier alpha value is -1.91. The smallest absolute Gasteiger partial charge is 0.220 e. The molecule has 0 bridgehead atoms. The molecule has 0 aliphatic carbocycles. The number of aliphatic hydroxyl groups excluding tert-OH is 2. The Balaban J connectivity index is 3.52. The highest BCUT2D eigenvalue weighted by Crippen LogP contribution is 2.17. The van der Waals surface area contributed by atoms with E-state index in [-0.39, 0.29) is 12.5 Å². The van der Waals surface area contributed by atoms with E-state index in [2.05, 4.69) is 67.8 Å². The molecule has 0 aromatic rings. The average Bonchev–Trinajstić information content (AvgIpc) is 3.34. The fourth-order valence-electron chi connectivity index (χ4n) is 9.32. The predicted octanol–water partition coefficient (Wildman–Crippen LogP) is 20.4. The molecule has 68 heavy (non-hydrogen) atoms. The molecule has 0 aliphatic rings. The molecule has 1 amide bonds. The van der Waals surface area contributed by atoms with Gasteiger partial charge in [-0.25, -0.2) is 0 Å². The summed E-state index contributed by atoms with van der Waals surface area (Å²) in [6.45, 7) is 4.31. The molecule has 0 fully saturated rings. The first-order valence-corrected chi connectivity index (χ1v) is 30.5. The summed E-state index contributed by atoms with van der Waals surface area (Å²) < 4.78 is 0. The summed E-state index contributed by atoms with van der Waals surface area (Å²) in [5, 5.41) is 23.2. The molecule has 0 rings (SSSR count). The summed E-state index contributed by atoms with van der Waals surface area (Å²) in [6, 6.07) is -0.644. The van der Waals surface area contributed by atoms with Crippen molar-refractivity contribution in [3.8, 4) is 0 Å². The molecular weight excluding hydrogens is 831 g/mol. The summed E-state index contributed by atoms with van der Waals surface area (Å²) in [4.78, 5) is 12.5. The lowest BCUT2D eigenvalue weighted by Gasteiger charge is -2.19. The van der Waals surface area contributed by atoms with Gasteiger partial charge in [-0.15, -0.1) is 0 Å². The Kier molecular flexibility index (Phi) is 57.7. The first-order chi connectivity index (χ1) is 33.7. The van der Waals surface area contributed by atoms with Crippen molar-refractivity contribution in [2.75, 3.05) is 6.61 Å². The third kappa shape index (κ3) is 55.0. The van der Waals surface area contributed by atoms with Gasteiger partial charge in [0.25, 0.3) is 0 Å². The molecular formula is C64H119NO3. The van der Waals surface area contributed by atoms with Gasteiger partial charge in [0.05, 0.1) is 18.8 Å². The normalized spacial score (nSPS) is 13.2. The number of amides is 1. The second-order valence-corrected chi connectivity index (χ2v) is 20.8. The van der Waals surface area contributed by atoms with Crippen LogP contribution in [-0.4, -0.2) is 34.9 Å². The molecule has 4 nitrogen and oxygen atoms in total. The highest BCUT2D eigenvalue weighted by Gasteiger charge is 2.18. The van der Waals surface area contributed by atoms with Gasteiger partial charge in [0.2, 0.25) is 5.91 Å². The summed E-state index contributed by atoms with van der Waals surface area (Å²) >= 11 is 0. The minimum Gasteiger partial charge on any atom is -0.394 e. The van der Waals surface area contributed by atoms with Crippen LogP contribution in [0.5, 0.6) is 0 Å². The number of nitrogens with one attached hydrogen (secondary N) is 1. The number of aliphatic hydroxyl groups is 2. The van der Waals surface area contributed by atoms with Gasteiger partial charge in [-0.2, -0.15) is 0 Å². The molecule has 4 heteroatoms. The van der Waals surface area contributed by atoms with Gasteiger partial charge in [0, 0.05) is 6.42 Å². The van der Waals surface area contributed by atoms with Crippen LogP contribution in [0.15, 0.2) is 60.8 Å². The Morgan fingerprint density at radius 2 is 0.618 bits per heavy atom. The molecule has 398 valence electrons. The van der Waals surface area contributed by atoms with Crippen LogP contribution in [0, 0.1) is 0 Å². The van der Waals surface area contributed by atoms with Crippen LogP contribution in [0.4, 0.5) is 0 Å². The minimum absolute atomic E-state index is 0.0735. The van der Waals surface area contributed by atoms with Crippen LogP contribution in [0.3, 0.4) is 0 Å². The maximum atomic E-state index is 12.5. The maximum absolute atomic E-state index is 12.5. The van der Waals surface area contributed by atoms with E-state index in [0.29, 0.717) is 6.42 Å². The Bertz CT molecular complexity index is 1120. The summed E-state index contributed by atoms with van der Waals surface area (Å²) in [6.07, 6.45) is 84.0. The highest BCUT2D eigenvalue weighted by atomic mass is 16.3. The molecule has 0 saturated carbocycles. The zero-order valence-corrected chi connectivity index (χ0v) is 45.9. The first-order valence-electron chi connectivity index (χ1n) is 30.5. The van der Waals surface area contributed by atoms with E-state index in [9.17, 15) is 15.0 Å². The number of carbonyl (C=O) groups is 1. The van der Waals surface area contributed by atoms with Gasteiger partial charge < -0.3 is 15.5 Å². The molecule has 0 spiro atoms. The van der Waals surface area contributed by atoms with Gasteiger partial charge in [0.1, 0.15) is 0 Å². The van der Waals surface area contributed by atoms with E-state index >= 15 is 0 Å². The van der Waals surface area contributed by atoms with Gasteiger partial charge in [0.15, 0.2) is 0 Å². The lowest BCUT2D eigenvalue weighted by molar-refractivity contribution is -0.123. The van der Waals surface area contributed by atoms with Crippen LogP contribution in [-0.2, 0) is 4.79 Å². The topological polar surface area (TPSA) is 69.6 Å². The van der Waals surface area contributed by atoms with Crippen molar-refractivity contribution in [3.63, 3.8) is 0 Å². The Morgan fingerprint density at radius 1 is 0.353 bits per heavy atom. The standard InChI is InChI=1S/C64H119NO3/c1-3-5-7-9-11-13-15-17-19-21-23-25-27-29-31-32-34-35-37-39-41-43-45-47-49-51-53-55-57-59-63(67)62(61-66)65-64(68)60-58-56-54-52-50-48-46-44-42-40-38-36-33-30-28-26-24-22-20-18-16-14-12-10-8-6-4-2/h16,18,22,24,28,30,49,51,57,59,62-63,66-67H,3-15,17,19-21,23,25-27,29,31-48,50,52-56,58,60-61H2,1-2H3,(H,65,68)/b18-16-,24-22-,30-28-,51-49+,59-57+. The number of unbranched alkanes of at least 4 members (excludes halogenated alkanes) is 41. The minimum atomic E-state index is -0.867. The molecule has 2 unspecified atom stereocenters. The third-order valence-corrected chi connectivity index (χ3v) is 14.0. The van der Waals surface area contributed by atoms with Crippen LogP contribution < -0.4 is 5.32 Å². The molecule has 3 N–H and O–H groups in total. The van der Waals surface area contributed by atoms with Gasteiger partial charge in [-0.1, -0.05) is 306 Å². The first kappa shape index (κ1) is 66.1. The molecule has 0 radical (unpaired) electrons. The van der Waals surface area contributed by atoms with Crippen molar-refractivity contribution in [2.24, 2.45) is 0 Å². The fraction of sp³-hybridized carbons (Fsp3) is 0.828. The second kappa shape index (κ2) is 59.4. The quantitative estimate of drug-likeness (QED) is 0.0420. The lowest BCUT2D eigenvalue weighted by Crippen LogP contribution is -2.45. The third-order valence-electron chi connectivity index (χ3n) is 14.0. The fourth-order valence-corrected chi connectivity index (χ4v) is 9.32. The molecule has 0 aromatic carbocycles. The zero-order valence-electron chi connectivity index (χ0n) is 45.9. The predicted molar refractivity (Wildman–Crippen MR) is 304 cm³/mol. The van der Waals surface area contributed by atoms with E-state index in [0.717, 1.165) is 44.9 Å². The monoisotopic (exact) mass is 950 g/mol. The van der Waals surface area contributed by atoms with Crippen molar-refractivity contribution >= 4 is 5.91 Å². The zero-order chi connectivity index (χ0) is 49.2. The largest absolute Gasteiger partial charge is 0.394 e. The van der Waals surface area contributed by atoms with E-state index in [1.54, 1.807) is 6.08 Å². The van der Waals surface area contributed by atoms with Crippen LogP contribution in [0.2, 0.25) is 0 Å². The van der Waals surface area contributed by atoms with Crippen LogP contribution >= 0.6 is 0 Å². The average molecular weight is 951 g/mol. The van der Waals surface area contributed by atoms with Crippen molar-refractivity contribution in [3.05, 3.63) is 60.8 Å². The molecule has 0 aromatic heterocycles. The number of rotatable bonds is 56. The van der Waals surface area contributed by atoms with Crippen molar-refractivity contribution < 1.29 is 15.0 Å². The number of hydrogen-bond donors (Lipinski definition) is 3. The van der Waals surface area contributed by atoms with Crippen molar-refractivity contribution in [2.45, 2.75) is 334 Å². The van der Waals surface area contributed by atoms with E-state index in [1.807, 2.05) is 6.08 Å². The van der Waals surface area contributed by atoms with E-state index in [1.165, 1.54) is 257 Å². The van der Waals surface area contributed by atoms with Crippen LogP contribution in [0.1, 0.15) is 322 Å². The second-order valence-electron chi connectivity index (χ2n) is 20.8. The van der Waals surface area contributed by atoms with Crippen molar-refractivity contribution in [1.29, 1.82) is 0 Å². The highest BCUT2D eigenvalue weighted by molar-refractivity contribution is 5.76. The Morgan fingerprint density at radius 3 is 0.956 bits per heavy atom. The van der Waals surface area contributed by atoms with Crippen molar-refractivity contribution in [1.82, 2.24) is 5.32 Å². The molecule has 2 atom stereocenters. The number of allylic oxidation sites excluding steroid dienone is 9. The van der Waals surface area contributed by atoms with Gasteiger partial charge in [-0.3, -0.25) is 4.79 Å². The summed E-state index contributed by atoms with van der Waals surface area (Å²) in [5.41, 5.74) is 0. The number of hydrogen-bond acceptors (Lipinski definition) is 3. The lowest BCUT2D eigenvalue weighted by atomic mass is 10.0. The van der Waals surface area contributed by atoms with Gasteiger partial charge in [-0.05, 0) is 70.6 Å². The van der Waals surface area contributed by atoms with Gasteiger partial charge >= 0.3 is 0 Å². The summed E-state index contributed by atoms with van der Waals surface area (Å²) in [7, 11) is 0. The summed E-state index contributed by atoms with van der Waals surface area (Å²) in [5.74, 6) is -0.0735. The Labute approximate surface area is 426 Å². The SMILES string of the molecule is CCCCCCC/C=C\C/C=C\C/C=C\CCCCCCCCCCCCCCC(=O)NC(CO)C(O)/C=C/CC/C=C/CCCCCCCCCCCCCCCCCCCCCCCCC. The maximum Gasteiger partial charge on any atom is 0.220 e. The van der Waals surface area contributed by atoms with E-state index in [4.69, 9.17) is 0 Å². The molecule has 0 aliphatic heterocycles. The van der Waals surface area contributed by atoms with E-state index < -0.39 is 12.1 Å². The number of carbonyl (C=O) groups excluding carboxylic acids is 1.